The van der Waals surface area contributed by atoms with Crippen molar-refractivity contribution in [2.75, 3.05) is 12.4 Å². The molecule has 1 amide bonds. The summed E-state index contributed by atoms with van der Waals surface area (Å²) < 4.78 is 5.13. The number of anilines is 1. The van der Waals surface area contributed by atoms with Gasteiger partial charge in [-0.15, -0.1) is 0 Å². The summed E-state index contributed by atoms with van der Waals surface area (Å²) in [5, 5.41) is 3.24. The van der Waals surface area contributed by atoms with Gasteiger partial charge in [-0.25, -0.2) is 0 Å². The molecule has 0 saturated heterocycles. The summed E-state index contributed by atoms with van der Waals surface area (Å²) in [4.78, 5) is 11.8. The first-order chi connectivity index (χ1) is 7.95. The van der Waals surface area contributed by atoms with Crippen molar-refractivity contribution in [2.24, 2.45) is 11.7 Å². The Hall–Kier alpha value is -1.26. The Bertz CT molecular complexity index is 407. The molecule has 1 aromatic rings. The maximum absolute atomic E-state index is 11.8. The summed E-state index contributed by atoms with van der Waals surface area (Å²) in [6.45, 7) is 3.78. The largest absolute Gasteiger partial charge is 0.495 e. The van der Waals surface area contributed by atoms with Crippen LogP contribution in [0.4, 0.5) is 5.69 Å². The van der Waals surface area contributed by atoms with E-state index in [0.29, 0.717) is 16.5 Å². The van der Waals surface area contributed by atoms with Crippen LogP contribution in [0.25, 0.3) is 0 Å². The first kappa shape index (κ1) is 13.8. The Morgan fingerprint density at radius 2 is 2.12 bits per heavy atom. The molecule has 0 saturated carbocycles. The molecule has 1 aromatic carbocycles. The van der Waals surface area contributed by atoms with Crippen molar-refractivity contribution in [1.82, 2.24) is 0 Å². The minimum atomic E-state index is -0.557. The number of nitrogens with two attached hydrogens (primary N) is 1. The van der Waals surface area contributed by atoms with Crippen LogP contribution in [0.2, 0.25) is 5.02 Å². The molecular weight excluding hydrogens is 240 g/mol. The van der Waals surface area contributed by atoms with Crippen molar-refractivity contribution in [1.29, 1.82) is 0 Å². The lowest BCUT2D eigenvalue weighted by molar-refractivity contribution is -0.118. The Balaban J connectivity index is 2.87. The van der Waals surface area contributed by atoms with E-state index in [1.54, 1.807) is 18.2 Å². The van der Waals surface area contributed by atoms with E-state index in [1.807, 2.05) is 13.8 Å². The van der Waals surface area contributed by atoms with Gasteiger partial charge in [0.05, 0.1) is 18.8 Å². The molecule has 0 bridgehead atoms. The van der Waals surface area contributed by atoms with Gasteiger partial charge in [-0.3, -0.25) is 4.79 Å². The number of ether oxygens (including phenoxy) is 1. The normalized spacial score (nSPS) is 12.4. The summed E-state index contributed by atoms with van der Waals surface area (Å²) in [7, 11) is 1.53. The number of halogens is 1. The molecule has 0 fully saturated rings. The molecule has 94 valence electrons. The van der Waals surface area contributed by atoms with Crippen LogP contribution >= 0.6 is 11.6 Å². The molecule has 0 spiro atoms. The molecule has 3 N–H and O–H groups in total. The molecule has 0 aromatic heterocycles. The number of hydrogen-bond acceptors (Lipinski definition) is 3. The van der Waals surface area contributed by atoms with Gasteiger partial charge in [-0.05, 0) is 24.1 Å². The molecule has 0 aliphatic heterocycles. The van der Waals surface area contributed by atoms with Crippen LogP contribution in [0.3, 0.4) is 0 Å². The molecular formula is C12H17ClN2O2. The quantitative estimate of drug-likeness (QED) is 0.869. The highest BCUT2D eigenvalue weighted by molar-refractivity contribution is 6.31. The lowest BCUT2D eigenvalue weighted by atomic mass is 10.0. The van der Waals surface area contributed by atoms with Gasteiger partial charge in [0, 0.05) is 5.02 Å². The Morgan fingerprint density at radius 3 is 2.65 bits per heavy atom. The number of methoxy groups -OCH3 is 1. The maximum Gasteiger partial charge on any atom is 0.241 e. The smallest absolute Gasteiger partial charge is 0.241 e. The molecule has 0 radical (unpaired) electrons. The fourth-order valence-corrected chi connectivity index (χ4v) is 1.47. The number of rotatable bonds is 4. The SMILES string of the molecule is COc1ccc(Cl)cc1NC(=O)[C@H](N)C(C)C. The maximum atomic E-state index is 11.8. The van der Waals surface area contributed by atoms with Gasteiger partial charge in [0.1, 0.15) is 5.75 Å². The number of carbonyl (C=O) groups excluding carboxylic acids is 1. The fourth-order valence-electron chi connectivity index (χ4n) is 1.30. The topological polar surface area (TPSA) is 64.3 Å². The van der Waals surface area contributed by atoms with E-state index in [1.165, 1.54) is 7.11 Å². The second-order valence-corrected chi connectivity index (χ2v) is 4.54. The minimum Gasteiger partial charge on any atom is -0.495 e. The lowest BCUT2D eigenvalue weighted by Gasteiger charge is -2.16. The molecule has 0 heterocycles. The third-order valence-corrected chi connectivity index (χ3v) is 2.68. The predicted molar refractivity (Wildman–Crippen MR) is 69.4 cm³/mol. The molecule has 1 atom stereocenters. The third kappa shape index (κ3) is 3.61. The van der Waals surface area contributed by atoms with E-state index < -0.39 is 6.04 Å². The van der Waals surface area contributed by atoms with Gasteiger partial charge in [0.15, 0.2) is 0 Å². The van der Waals surface area contributed by atoms with Crippen LogP contribution in [-0.4, -0.2) is 19.1 Å². The van der Waals surface area contributed by atoms with Crippen molar-refractivity contribution in [2.45, 2.75) is 19.9 Å². The Kier molecular flexibility index (Phi) is 4.78. The highest BCUT2D eigenvalue weighted by Gasteiger charge is 2.18. The Morgan fingerprint density at radius 1 is 1.47 bits per heavy atom. The van der Waals surface area contributed by atoms with E-state index in [4.69, 9.17) is 22.1 Å². The molecule has 0 aliphatic rings. The lowest BCUT2D eigenvalue weighted by Crippen LogP contribution is -2.39. The zero-order valence-electron chi connectivity index (χ0n) is 10.2. The standard InChI is InChI=1S/C12H17ClN2O2/c1-7(2)11(14)12(16)15-9-6-8(13)4-5-10(9)17-3/h4-7,11H,14H2,1-3H3,(H,15,16)/t11-/m1/s1. The van der Waals surface area contributed by atoms with E-state index in [2.05, 4.69) is 5.32 Å². The summed E-state index contributed by atoms with van der Waals surface area (Å²) in [6, 6.07) is 4.46. The summed E-state index contributed by atoms with van der Waals surface area (Å²) >= 11 is 5.86. The molecule has 5 heteroatoms. The van der Waals surface area contributed by atoms with E-state index >= 15 is 0 Å². The van der Waals surface area contributed by atoms with E-state index in [9.17, 15) is 4.79 Å². The number of hydrogen-bond donors (Lipinski definition) is 2. The summed E-state index contributed by atoms with van der Waals surface area (Å²) in [5.41, 5.74) is 6.28. The highest BCUT2D eigenvalue weighted by atomic mass is 35.5. The third-order valence-electron chi connectivity index (χ3n) is 2.44. The van der Waals surface area contributed by atoms with Gasteiger partial charge < -0.3 is 15.8 Å². The summed E-state index contributed by atoms with van der Waals surface area (Å²) in [6.07, 6.45) is 0. The number of benzene rings is 1. The van der Waals surface area contributed by atoms with Crippen LogP contribution in [0, 0.1) is 5.92 Å². The van der Waals surface area contributed by atoms with Gasteiger partial charge in [0.25, 0.3) is 0 Å². The number of carbonyl (C=O) groups is 1. The molecule has 0 unspecified atom stereocenters. The van der Waals surface area contributed by atoms with Crippen LogP contribution in [0.1, 0.15) is 13.8 Å². The van der Waals surface area contributed by atoms with Crippen molar-refractivity contribution < 1.29 is 9.53 Å². The van der Waals surface area contributed by atoms with E-state index in [0.717, 1.165) is 0 Å². The predicted octanol–water partition coefficient (Wildman–Crippen LogP) is 2.27. The second-order valence-electron chi connectivity index (χ2n) is 4.10. The first-order valence-electron chi connectivity index (χ1n) is 5.35. The molecule has 0 aliphatic carbocycles. The highest BCUT2D eigenvalue weighted by Crippen LogP contribution is 2.27. The molecule has 4 nitrogen and oxygen atoms in total. The average molecular weight is 257 g/mol. The van der Waals surface area contributed by atoms with Gasteiger partial charge in [0.2, 0.25) is 5.91 Å². The zero-order valence-corrected chi connectivity index (χ0v) is 10.9. The van der Waals surface area contributed by atoms with Crippen molar-refractivity contribution in [3.63, 3.8) is 0 Å². The zero-order chi connectivity index (χ0) is 13.0. The fraction of sp³-hybridized carbons (Fsp3) is 0.417. The summed E-state index contributed by atoms with van der Waals surface area (Å²) in [5.74, 6) is 0.374. The van der Waals surface area contributed by atoms with Gasteiger partial charge >= 0.3 is 0 Å². The van der Waals surface area contributed by atoms with Crippen LogP contribution in [0.5, 0.6) is 5.75 Å². The van der Waals surface area contributed by atoms with Crippen molar-refractivity contribution >= 4 is 23.2 Å². The molecule has 17 heavy (non-hydrogen) atoms. The Labute approximate surface area is 106 Å². The average Bonchev–Trinajstić information content (AvgIpc) is 2.28. The number of amides is 1. The second kappa shape index (κ2) is 5.89. The first-order valence-corrected chi connectivity index (χ1v) is 5.73. The van der Waals surface area contributed by atoms with Gasteiger partial charge in [-0.2, -0.15) is 0 Å². The van der Waals surface area contributed by atoms with Crippen LogP contribution in [0.15, 0.2) is 18.2 Å². The van der Waals surface area contributed by atoms with Crippen LogP contribution < -0.4 is 15.8 Å². The van der Waals surface area contributed by atoms with Gasteiger partial charge in [-0.1, -0.05) is 25.4 Å². The van der Waals surface area contributed by atoms with E-state index in [-0.39, 0.29) is 11.8 Å². The minimum absolute atomic E-state index is 0.0696. The monoisotopic (exact) mass is 256 g/mol. The van der Waals surface area contributed by atoms with Crippen molar-refractivity contribution in [3.05, 3.63) is 23.2 Å². The number of nitrogens with one attached hydrogen (secondary N) is 1. The van der Waals surface area contributed by atoms with Crippen molar-refractivity contribution in [3.8, 4) is 5.75 Å². The molecule has 1 rings (SSSR count). The van der Waals surface area contributed by atoms with Crippen LogP contribution in [-0.2, 0) is 4.79 Å².